The van der Waals surface area contributed by atoms with Crippen molar-refractivity contribution in [1.29, 1.82) is 0 Å². The van der Waals surface area contributed by atoms with Crippen LogP contribution in [0.25, 0.3) is 0 Å². The maximum absolute atomic E-state index is 12.3. The average Bonchev–Trinajstić information content (AvgIpc) is 2.56. The van der Waals surface area contributed by atoms with Crippen LogP contribution >= 0.6 is 11.8 Å². The molecular weight excluding hydrogens is 296 g/mol. The molecule has 0 bridgehead atoms. The van der Waals surface area contributed by atoms with Crippen LogP contribution in [0.4, 0.5) is 11.4 Å². The molecule has 0 aliphatic carbocycles. The maximum Gasteiger partial charge on any atom is 0.316 e. The molecule has 2 amide bonds. The molecule has 0 heterocycles. The number of nitrogens with one attached hydrogen (secondary N) is 1. The Hall–Kier alpha value is -2.27. The summed E-state index contributed by atoms with van der Waals surface area (Å²) >= 11 is 1.58. The number of carbonyl (C=O) groups excluding carboxylic acids is 2. The van der Waals surface area contributed by atoms with Gasteiger partial charge in [-0.25, -0.2) is 0 Å². The minimum atomic E-state index is -0.635. The standard InChI is InChI=1S/C17H18N2O2S/c1-3-19(14-9-5-4-6-10-14)17(21)16(20)18-13-8-7-11-15(12-13)22-2/h4-12H,3H2,1-2H3,(H,18,20). The summed E-state index contributed by atoms with van der Waals surface area (Å²) in [5, 5.41) is 2.66. The second kappa shape index (κ2) is 7.66. The molecule has 0 spiro atoms. The van der Waals surface area contributed by atoms with Crippen molar-refractivity contribution in [2.45, 2.75) is 11.8 Å². The molecule has 5 heteroatoms. The van der Waals surface area contributed by atoms with E-state index in [1.165, 1.54) is 4.90 Å². The van der Waals surface area contributed by atoms with E-state index in [0.717, 1.165) is 4.90 Å². The number of rotatable bonds is 4. The van der Waals surface area contributed by atoms with Crippen LogP contribution in [-0.4, -0.2) is 24.6 Å². The summed E-state index contributed by atoms with van der Waals surface area (Å²) in [4.78, 5) is 27.0. The Morgan fingerprint density at radius 3 is 2.45 bits per heavy atom. The molecule has 0 aliphatic rings. The van der Waals surface area contributed by atoms with Crippen LogP contribution in [-0.2, 0) is 9.59 Å². The topological polar surface area (TPSA) is 49.4 Å². The number of benzene rings is 2. The fraction of sp³-hybridized carbons (Fsp3) is 0.176. The first-order valence-electron chi connectivity index (χ1n) is 6.97. The quantitative estimate of drug-likeness (QED) is 0.695. The predicted octanol–water partition coefficient (Wildman–Crippen LogP) is 3.40. The molecule has 0 radical (unpaired) electrons. The van der Waals surface area contributed by atoms with E-state index >= 15 is 0 Å². The van der Waals surface area contributed by atoms with Gasteiger partial charge in [0.25, 0.3) is 0 Å². The van der Waals surface area contributed by atoms with Crippen molar-refractivity contribution in [3.63, 3.8) is 0 Å². The molecule has 2 rings (SSSR count). The summed E-state index contributed by atoms with van der Waals surface area (Å²) in [5.41, 5.74) is 1.33. The van der Waals surface area contributed by atoms with Crippen molar-refractivity contribution in [3.05, 3.63) is 54.6 Å². The average molecular weight is 314 g/mol. The lowest BCUT2D eigenvalue weighted by Gasteiger charge is -2.20. The first-order chi connectivity index (χ1) is 10.7. The van der Waals surface area contributed by atoms with Crippen LogP contribution in [0.1, 0.15) is 6.92 Å². The van der Waals surface area contributed by atoms with Gasteiger partial charge in [0.1, 0.15) is 0 Å². The lowest BCUT2D eigenvalue weighted by molar-refractivity contribution is -0.134. The third-order valence-electron chi connectivity index (χ3n) is 3.15. The highest BCUT2D eigenvalue weighted by molar-refractivity contribution is 7.98. The highest BCUT2D eigenvalue weighted by atomic mass is 32.2. The van der Waals surface area contributed by atoms with Crippen LogP contribution in [0, 0.1) is 0 Å². The van der Waals surface area contributed by atoms with Crippen LogP contribution < -0.4 is 10.2 Å². The van der Waals surface area contributed by atoms with Gasteiger partial charge in [-0.1, -0.05) is 24.3 Å². The van der Waals surface area contributed by atoms with Crippen LogP contribution in [0.3, 0.4) is 0 Å². The molecular formula is C17H18N2O2S. The Labute approximate surface area is 134 Å². The number of hydrogen-bond donors (Lipinski definition) is 1. The molecule has 0 saturated carbocycles. The molecule has 0 aromatic heterocycles. The fourth-order valence-corrected chi connectivity index (χ4v) is 2.52. The summed E-state index contributed by atoms with van der Waals surface area (Å²) in [7, 11) is 0. The highest BCUT2D eigenvalue weighted by Crippen LogP contribution is 2.19. The van der Waals surface area contributed by atoms with Gasteiger partial charge < -0.3 is 10.2 Å². The maximum atomic E-state index is 12.3. The molecule has 114 valence electrons. The summed E-state index contributed by atoms with van der Waals surface area (Å²) in [6.45, 7) is 2.27. The first kappa shape index (κ1) is 16.1. The lowest BCUT2D eigenvalue weighted by Crippen LogP contribution is -2.39. The van der Waals surface area contributed by atoms with Crippen molar-refractivity contribution in [2.75, 3.05) is 23.0 Å². The van der Waals surface area contributed by atoms with Gasteiger partial charge >= 0.3 is 11.8 Å². The summed E-state index contributed by atoms with van der Waals surface area (Å²) in [5.74, 6) is -1.20. The Balaban J connectivity index is 2.12. The van der Waals surface area contributed by atoms with Crippen molar-refractivity contribution < 1.29 is 9.59 Å². The van der Waals surface area contributed by atoms with Crippen molar-refractivity contribution >= 4 is 35.0 Å². The van der Waals surface area contributed by atoms with Gasteiger partial charge in [0.2, 0.25) is 0 Å². The Bertz CT molecular complexity index is 659. The van der Waals surface area contributed by atoms with Crippen molar-refractivity contribution in [3.8, 4) is 0 Å². The van der Waals surface area contributed by atoms with Gasteiger partial charge in [0, 0.05) is 22.8 Å². The van der Waals surface area contributed by atoms with Crippen LogP contribution in [0.15, 0.2) is 59.5 Å². The van der Waals surface area contributed by atoms with Gasteiger partial charge in [0.15, 0.2) is 0 Å². The number of likely N-dealkylation sites (N-methyl/N-ethyl adjacent to an activating group) is 1. The lowest BCUT2D eigenvalue weighted by atomic mass is 10.2. The van der Waals surface area contributed by atoms with Crippen LogP contribution in [0.2, 0.25) is 0 Å². The zero-order chi connectivity index (χ0) is 15.9. The Morgan fingerprint density at radius 2 is 1.82 bits per heavy atom. The third-order valence-corrected chi connectivity index (χ3v) is 3.88. The molecule has 2 aromatic rings. The molecule has 0 atom stereocenters. The molecule has 2 aromatic carbocycles. The number of para-hydroxylation sites is 1. The van der Waals surface area contributed by atoms with E-state index in [1.54, 1.807) is 17.8 Å². The van der Waals surface area contributed by atoms with Crippen LogP contribution in [0.5, 0.6) is 0 Å². The normalized spacial score (nSPS) is 10.1. The van der Waals surface area contributed by atoms with E-state index in [1.807, 2.05) is 61.7 Å². The monoisotopic (exact) mass is 314 g/mol. The number of anilines is 2. The SMILES string of the molecule is CCN(C(=O)C(=O)Nc1cccc(SC)c1)c1ccccc1. The van der Waals surface area contributed by atoms with E-state index < -0.39 is 11.8 Å². The number of carbonyl (C=O) groups is 2. The number of amides is 2. The van der Waals surface area contributed by atoms with Crippen molar-refractivity contribution in [2.24, 2.45) is 0 Å². The van der Waals surface area contributed by atoms with Gasteiger partial charge in [-0.2, -0.15) is 0 Å². The molecule has 4 nitrogen and oxygen atoms in total. The Morgan fingerprint density at radius 1 is 1.09 bits per heavy atom. The van der Waals surface area contributed by atoms with Gasteiger partial charge in [0.05, 0.1) is 0 Å². The zero-order valence-corrected chi connectivity index (χ0v) is 13.4. The van der Waals surface area contributed by atoms with E-state index in [2.05, 4.69) is 5.32 Å². The van der Waals surface area contributed by atoms with Gasteiger partial charge in [-0.05, 0) is 43.5 Å². The molecule has 22 heavy (non-hydrogen) atoms. The highest BCUT2D eigenvalue weighted by Gasteiger charge is 2.21. The van der Waals surface area contributed by atoms with E-state index in [4.69, 9.17) is 0 Å². The summed E-state index contributed by atoms with van der Waals surface area (Å²) in [6.07, 6.45) is 1.96. The van der Waals surface area contributed by atoms with E-state index in [-0.39, 0.29) is 0 Å². The van der Waals surface area contributed by atoms with E-state index in [0.29, 0.717) is 17.9 Å². The predicted molar refractivity (Wildman–Crippen MR) is 91.3 cm³/mol. The van der Waals surface area contributed by atoms with Gasteiger partial charge in [-0.3, -0.25) is 9.59 Å². The molecule has 1 N–H and O–H groups in total. The fourth-order valence-electron chi connectivity index (χ4n) is 2.06. The number of thioether (sulfide) groups is 1. The largest absolute Gasteiger partial charge is 0.318 e. The second-order valence-electron chi connectivity index (χ2n) is 4.57. The first-order valence-corrected chi connectivity index (χ1v) is 8.20. The number of hydrogen-bond acceptors (Lipinski definition) is 3. The smallest absolute Gasteiger partial charge is 0.316 e. The van der Waals surface area contributed by atoms with Crippen molar-refractivity contribution in [1.82, 2.24) is 0 Å². The molecule has 0 fully saturated rings. The number of nitrogens with zero attached hydrogens (tertiary/aromatic N) is 1. The minimum Gasteiger partial charge on any atom is -0.318 e. The van der Waals surface area contributed by atoms with Gasteiger partial charge in [-0.15, -0.1) is 11.8 Å². The molecule has 0 unspecified atom stereocenters. The van der Waals surface area contributed by atoms with E-state index in [9.17, 15) is 9.59 Å². The minimum absolute atomic E-state index is 0.432. The summed E-state index contributed by atoms with van der Waals surface area (Å²) < 4.78 is 0. The second-order valence-corrected chi connectivity index (χ2v) is 5.45. The molecule has 0 aliphatic heterocycles. The summed E-state index contributed by atoms with van der Waals surface area (Å²) in [6, 6.07) is 16.6. The zero-order valence-electron chi connectivity index (χ0n) is 12.6. The molecule has 0 saturated heterocycles. The third kappa shape index (κ3) is 3.89. The Kier molecular flexibility index (Phi) is 5.61.